The number of rotatable bonds is 3. The number of likely N-dealkylation sites (N-methyl/N-ethyl adjacent to an activating group) is 1. The molecule has 22 heavy (non-hydrogen) atoms. The third-order valence-corrected chi connectivity index (χ3v) is 4.45. The highest BCUT2D eigenvalue weighted by Gasteiger charge is 2.45. The summed E-state index contributed by atoms with van der Waals surface area (Å²) in [7, 11) is 5.31. The first-order valence-corrected chi connectivity index (χ1v) is 7.43. The number of aliphatic hydroxyl groups is 1. The molecule has 0 spiro atoms. The monoisotopic (exact) mass is 305 g/mol. The molecule has 0 radical (unpaired) electrons. The number of fused-ring (bicyclic) bond motifs is 2. The Morgan fingerprint density at radius 2 is 2.00 bits per heavy atom. The molecule has 1 fully saturated rings. The van der Waals surface area contributed by atoms with E-state index in [4.69, 9.17) is 14.2 Å². The molecule has 0 amide bonds. The summed E-state index contributed by atoms with van der Waals surface area (Å²) >= 11 is 0. The molecule has 5 heteroatoms. The summed E-state index contributed by atoms with van der Waals surface area (Å²) in [6, 6.07) is 5.90. The van der Waals surface area contributed by atoms with Crippen molar-refractivity contribution in [2.24, 2.45) is 0 Å². The van der Waals surface area contributed by atoms with Crippen molar-refractivity contribution in [3.8, 4) is 5.75 Å². The molecule has 1 aromatic carbocycles. The second kappa shape index (κ2) is 5.18. The van der Waals surface area contributed by atoms with Crippen LogP contribution in [0.25, 0.3) is 5.76 Å². The maximum Gasteiger partial charge on any atom is 0.156 e. The van der Waals surface area contributed by atoms with Crippen molar-refractivity contribution in [2.45, 2.75) is 38.2 Å². The number of ether oxygens (including phenoxy) is 3. The fourth-order valence-electron chi connectivity index (χ4n) is 3.30. The molecule has 5 nitrogen and oxygen atoms in total. The first-order chi connectivity index (χ1) is 10.4. The third kappa shape index (κ3) is 2.16. The highest BCUT2D eigenvalue weighted by atomic mass is 16.5. The number of hydrogen-bond acceptors (Lipinski definition) is 5. The van der Waals surface area contributed by atoms with E-state index in [9.17, 15) is 5.11 Å². The van der Waals surface area contributed by atoms with E-state index in [1.165, 1.54) is 0 Å². The van der Waals surface area contributed by atoms with E-state index < -0.39 is 5.60 Å². The molecule has 0 bridgehead atoms. The Kier molecular flexibility index (Phi) is 3.57. The third-order valence-electron chi connectivity index (χ3n) is 4.45. The van der Waals surface area contributed by atoms with Crippen LogP contribution in [0.1, 0.15) is 25.8 Å². The van der Waals surface area contributed by atoms with Gasteiger partial charge in [0.1, 0.15) is 11.5 Å². The summed E-state index contributed by atoms with van der Waals surface area (Å²) in [4.78, 5) is 2.05. The lowest BCUT2D eigenvalue weighted by molar-refractivity contribution is -0.0807. The van der Waals surface area contributed by atoms with Crippen molar-refractivity contribution in [1.82, 2.24) is 0 Å². The van der Waals surface area contributed by atoms with Gasteiger partial charge in [0, 0.05) is 24.6 Å². The van der Waals surface area contributed by atoms with Gasteiger partial charge in [0.2, 0.25) is 0 Å². The molecule has 0 saturated carbocycles. The number of nitrogens with zero attached hydrogens (tertiary/aromatic N) is 1. The SMILES string of the molecule is COC1=C2CC(C(C)(C)O)OC2N(C)c2c(OC)cccc21. The van der Waals surface area contributed by atoms with E-state index in [2.05, 4.69) is 4.90 Å². The number of para-hydroxylation sites is 1. The molecule has 1 saturated heterocycles. The second-order valence-electron chi connectivity index (χ2n) is 6.36. The zero-order valence-electron chi connectivity index (χ0n) is 13.7. The molecule has 2 atom stereocenters. The number of anilines is 1. The van der Waals surface area contributed by atoms with Gasteiger partial charge in [0.25, 0.3) is 0 Å². The zero-order chi connectivity index (χ0) is 16.1. The van der Waals surface area contributed by atoms with Gasteiger partial charge in [-0.05, 0) is 26.0 Å². The second-order valence-corrected chi connectivity index (χ2v) is 6.36. The van der Waals surface area contributed by atoms with Gasteiger partial charge < -0.3 is 24.2 Å². The molecule has 2 aliphatic rings. The average Bonchev–Trinajstić information content (AvgIpc) is 2.92. The minimum Gasteiger partial charge on any atom is -0.496 e. The molecule has 2 unspecified atom stereocenters. The van der Waals surface area contributed by atoms with Crippen molar-refractivity contribution in [3.63, 3.8) is 0 Å². The highest BCUT2D eigenvalue weighted by molar-refractivity contribution is 5.83. The van der Waals surface area contributed by atoms with Crippen LogP contribution < -0.4 is 9.64 Å². The lowest BCUT2D eigenvalue weighted by atomic mass is 9.93. The van der Waals surface area contributed by atoms with E-state index in [1.807, 2.05) is 25.2 Å². The maximum atomic E-state index is 10.3. The lowest BCUT2D eigenvalue weighted by Gasteiger charge is -2.35. The van der Waals surface area contributed by atoms with Gasteiger partial charge in [0.15, 0.2) is 6.23 Å². The predicted molar refractivity (Wildman–Crippen MR) is 84.9 cm³/mol. The number of hydrogen-bond donors (Lipinski definition) is 1. The Balaban J connectivity index is 2.13. The molecule has 0 aromatic heterocycles. The van der Waals surface area contributed by atoms with Crippen molar-refractivity contribution >= 4 is 11.4 Å². The summed E-state index contributed by atoms with van der Waals surface area (Å²) in [5, 5.41) is 10.3. The van der Waals surface area contributed by atoms with Crippen molar-refractivity contribution in [3.05, 3.63) is 29.3 Å². The quantitative estimate of drug-likeness (QED) is 0.929. The topological polar surface area (TPSA) is 51.2 Å². The molecular weight excluding hydrogens is 282 g/mol. The molecule has 3 rings (SSSR count). The normalized spacial score (nSPS) is 24.2. The van der Waals surface area contributed by atoms with Gasteiger partial charge in [-0.1, -0.05) is 6.07 Å². The maximum absolute atomic E-state index is 10.3. The average molecular weight is 305 g/mol. The van der Waals surface area contributed by atoms with Gasteiger partial charge in [-0.2, -0.15) is 0 Å². The van der Waals surface area contributed by atoms with E-state index >= 15 is 0 Å². The standard InChI is InChI=1S/C17H23NO4/c1-17(2,19)13-9-11-15(21-5)10-7-6-8-12(20-4)14(10)18(3)16(11)22-13/h6-8,13,16,19H,9H2,1-5H3. The minimum atomic E-state index is -0.902. The summed E-state index contributed by atoms with van der Waals surface area (Å²) in [5.41, 5.74) is 2.11. The Morgan fingerprint density at radius 1 is 1.27 bits per heavy atom. The van der Waals surface area contributed by atoms with Crippen LogP contribution in [0.4, 0.5) is 5.69 Å². The van der Waals surface area contributed by atoms with Crippen LogP contribution >= 0.6 is 0 Å². The van der Waals surface area contributed by atoms with Crippen molar-refractivity contribution < 1.29 is 19.3 Å². The van der Waals surface area contributed by atoms with Crippen LogP contribution in [-0.2, 0) is 9.47 Å². The first-order valence-electron chi connectivity index (χ1n) is 7.43. The predicted octanol–water partition coefficient (Wildman–Crippen LogP) is 2.39. The van der Waals surface area contributed by atoms with Crippen LogP contribution in [0, 0.1) is 0 Å². The number of benzene rings is 1. The summed E-state index contributed by atoms with van der Waals surface area (Å²) in [5.74, 6) is 1.60. The van der Waals surface area contributed by atoms with Gasteiger partial charge in [0.05, 0.1) is 31.6 Å². The van der Waals surface area contributed by atoms with E-state index in [-0.39, 0.29) is 12.3 Å². The molecule has 2 aliphatic heterocycles. The van der Waals surface area contributed by atoms with Gasteiger partial charge in [-0.15, -0.1) is 0 Å². The van der Waals surface area contributed by atoms with E-state index in [0.29, 0.717) is 6.42 Å². The van der Waals surface area contributed by atoms with Gasteiger partial charge >= 0.3 is 0 Å². The Labute approximate surface area is 131 Å². The van der Waals surface area contributed by atoms with Crippen LogP contribution in [0.3, 0.4) is 0 Å². The van der Waals surface area contributed by atoms with Crippen LogP contribution in [-0.4, -0.2) is 44.3 Å². The lowest BCUT2D eigenvalue weighted by Crippen LogP contribution is -2.40. The first kappa shape index (κ1) is 15.2. The highest BCUT2D eigenvalue weighted by Crippen LogP contribution is 2.48. The van der Waals surface area contributed by atoms with Crippen LogP contribution in [0.15, 0.2) is 23.8 Å². The Hall–Kier alpha value is -1.72. The summed E-state index contributed by atoms with van der Waals surface area (Å²) in [6.07, 6.45) is 0.147. The van der Waals surface area contributed by atoms with Gasteiger partial charge in [-0.3, -0.25) is 0 Å². The van der Waals surface area contributed by atoms with Crippen molar-refractivity contribution in [2.75, 3.05) is 26.2 Å². The van der Waals surface area contributed by atoms with E-state index in [1.54, 1.807) is 28.1 Å². The van der Waals surface area contributed by atoms with Crippen LogP contribution in [0.5, 0.6) is 5.75 Å². The number of methoxy groups -OCH3 is 2. The molecule has 1 N–H and O–H groups in total. The largest absolute Gasteiger partial charge is 0.496 e. The van der Waals surface area contributed by atoms with Crippen molar-refractivity contribution in [1.29, 1.82) is 0 Å². The molecular formula is C17H23NO4. The van der Waals surface area contributed by atoms with Gasteiger partial charge in [-0.25, -0.2) is 0 Å². The molecule has 0 aliphatic carbocycles. The zero-order valence-corrected chi connectivity index (χ0v) is 13.7. The minimum absolute atomic E-state index is 0.241. The summed E-state index contributed by atoms with van der Waals surface area (Å²) in [6.45, 7) is 3.55. The smallest absolute Gasteiger partial charge is 0.156 e. The molecule has 120 valence electrons. The van der Waals surface area contributed by atoms with E-state index in [0.717, 1.165) is 28.3 Å². The molecule has 1 aromatic rings. The van der Waals surface area contributed by atoms with Crippen LogP contribution in [0.2, 0.25) is 0 Å². The fourth-order valence-corrected chi connectivity index (χ4v) is 3.30. The fraction of sp³-hybridized carbons (Fsp3) is 0.529. The molecule has 2 heterocycles. The Morgan fingerprint density at radius 3 is 2.59 bits per heavy atom. The summed E-state index contributed by atoms with van der Waals surface area (Å²) < 4.78 is 17.3. The Bertz CT molecular complexity index is 618.